The van der Waals surface area contributed by atoms with E-state index in [2.05, 4.69) is 0 Å². The third kappa shape index (κ3) is 2.99. The predicted molar refractivity (Wildman–Crippen MR) is 107 cm³/mol. The van der Waals surface area contributed by atoms with Crippen molar-refractivity contribution in [3.8, 4) is 0 Å². The van der Waals surface area contributed by atoms with Crippen LogP contribution in [0.15, 0.2) is 35.2 Å². The van der Waals surface area contributed by atoms with Gasteiger partial charge in [0.2, 0.25) is 15.9 Å². The van der Waals surface area contributed by atoms with E-state index in [1.807, 2.05) is 11.0 Å². The number of amides is 1. The van der Waals surface area contributed by atoms with E-state index in [0.29, 0.717) is 42.9 Å². The van der Waals surface area contributed by atoms with Crippen LogP contribution < -0.4 is 0 Å². The highest BCUT2D eigenvalue weighted by Crippen LogP contribution is 2.64. The highest BCUT2D eigenvalue weighted by atomic mass is 35.5. The lowest BCUT2D eigenvalue weighted by atomic mass is 9.49. The molecule has 4 bridgehead atoms. The Bertz CT molecular complexity index is 866. The number of rotatable bonds is 3. The van der Waals surface area contributed by atoms with Crippen LogP contribution in [-0.4, -0.2) is 54.6 Å². The van der Waals surface area contributed by atoms with Crippen molar-refractivity contribution in [3.05, 3.63) is 30.3 Å². The van der Waals surface area contributed by atoms with Gasteiger partial charge in [-0.25, -0.2) is 8.42 Å². The number of nitrogens with zero attached hydrogens (tertiary/aromatic N) is 2. The summed E-state index contributed by atoms with van der Waals surface area (Å²) in [5.74, 6) is 1.40. The Morgan fingerprint density at radius 2 is 1.57 bits per heavy atom. The van der Waals surface area contributed by atoms with Gasteiger partial charge in [-0.15, -0.1) is 11.6 Å². The minimum atomic E-state index is -3.49. The van der Waals surface area contributed by atoms with Gasteiger partial charge in [-0.05, 0) is 62.5 Å². The fourth-order valence-electron chi connectivity index (χ4n) is 6.61. The van der Waals surface area contributed by atoms with Gasteiger partial charge >= 0.3 is 0 Å². The zero-order valence-corrected chi connectivity index (χ0v) is 17.6. The molecule has 1 heterocycles. The van der Waals surface area contributed by atoms with Gasteiger partial charge in [-0.2, -0.15) is 4.31 Å². The Morgan fingerprint density at radius 1 is 0.964 bits per heavy atom. The highest BCUT2D eigenvalue weighted by Gasteiger charge is 2.60. The van der Waals surface area contributed by atoms with Crippen molar-refractivity contribution in [3.63, 3.8) is 0 Å². The first-order chi connectivity index (χ1) is 13.3. The van der Waals surface area contributed by atoms with Crippen LogP contribution >= 0.6 is 11.6 Å². The molecule has 152 valence electrons. The number of benzene rings is 1. The molecule has 0 radical (unpaired) electrons. The lowest BCUT2D eigenvalue weighted by molar-refractivity contribution is -0.157. The average Bonchev–Trinajstić information content (AvgIpc) is 2.66. The molecule has 1 amide bonds. The standard InChI is InChI=1S/C21H27ClN2O3S/c22-21-13-16-10-17(14-21)12-20(11-16,15-21)19(25)23-6-8-24(9-7-23)28(26,27)18-4-2-1-3-5-18/h1-5,16-17H,6-15H2/t16-,17+,20?,21?. The van der Waals surface area contributed by atoms with Crippen LogP contribution in [0.25, 0.3) is 0 Å². The quantitative estimate of drug-likeness (QED) is 0.703. The second kappa shape index (κ2) is 6.44. The minimum Gasteiger partial charge on any atom is -0.340 e. The third-order valence-electron chi connectivity index (χ3n) is 7.35. The maximum absolute atomic E-state index is 13.5. The molecule has 6 rings (SSSR count). The first-order valence-electron chi connectivity index (χ1n) is 10.3. The monoisotopic (exact) mass is 422 g/mol. The molecule has 2 unspecified atom stereocenters. The lowest BCUT2D eigenvalue weighted by Gasteiger charge is -2.60. The molecule has 1 aromatic carbocycles. The van der Waals surface area contributed by atoms with Crippen molar-refractivity contribution >= 4 is 27.5 Å². The number of piperazine rings is 1. The average molecular weight is 423 g/mol. The van der Waals surface area contributed by atoms with E-state index in [0.717, 1.165) is 32.1 Å². The van der Waals surface area contributed by atoms with Crippen LogP contribution in [0.5, 0.6) is 0 Å². The zero-order valence-electron chi connectivity index (χ0n) is 16.0. The smallest absolute Gasteiger partial charge is 0.243 e. The number of sulfonamides is 1. The van der Waals surface area contributed by atoms with Crippen LogP contribution in [0.1, 0.15) is 38.5 Å². The Balaban J connectivity index is 1.29. The molecule has 5 fully saturated rings. The molecular weight excluding hydrogens is 396 g/mol. The van der Waals surface area contributed by atoms with E-state index in [1.54, 1.807) is 24.3 Å². The van der Waals surface area contributed by atoms with Gasteiger partial charge < -0.3 is 4.90 Å². The maximum Gasteiger partial charge on any atom is 0.243 e. The summed E-state index contributed by atoms with van der Waals surface area (Å²) >= 11 is 6.90. The summed E-state index contributed by atoms with van der Waals surface area (Å²) in [7, 11) is -3.49. The summed E-state index contributed by atoms with van der Waals surface area (Å²) in [6, 6.07) is 8.54. The van der Waals surface area contributed by atoms with Crippen LogP contribution in [0, 0.1) is 17.3 Å². The number of carbonyl (C=O) groups is 1. The molecule has 5 aliphatic rings. The summed E-state index contributed by atoms with van der Waals surface area (Å²) in [5, 5.41) is 0. The molecule has 28 heavy (non-hydrogen) atoms. The third-order valence-corrected chi connectivity index (χ3v) is 9.71. The molecule has 0 N–H and O–H groups in total. The predicted octanol–water partition coefficient (Wildman–Crippen LogP) is 3.10. The second-order valence-electron chi connectivity index (χ2n) is 9.40. The Hall–Kier alpha value is -1.11. The van der Waals surface area contributed by atoms with Gasteiger partial charge in [0.25, 0.3) is 0 Å². The molecule has 1 saturated heterocycles. The molecule has 1 aromatic rings. The molecule has 4 aliphatic carbocycles. The molecule has 7 heteroatoms. The SMILES string of the molecule is O=C(N1CCN(S(=O)(=O)c2ccccc2)CC1)C12C[C@@H]3C[C@@H](CC(Cl)(C3)C1)C2. The largest absolute Gasteiger partial charge is 0.340 e. The van der Waals surface area contributed by atoms with Crippen molar-refractivity contribution in [2.75, 3.05) is 26.2 Å². The van der Waals surface area contributed by atoms with Gasteiger partial charge in [0.05, 0.1) is 10.3 Å². The number of hydrogen-bond acceptors (Lipinski definition) is 3. The Labute approximate surface area is 172 Å². The van der Waals surface area contributed by atoms with E-state index in [4.69, 9.17) is 11.6 Å². The first-order valence-corrected chi connectivity index (χ1v) is 12.2. The minimum absolute atomic E-state index is 0.182. The molecule has 1 aliphatic heterocycles. The summed E-state index contributed by atoms with van der Waals surface area (Å²) in [5.41, 5.74) is -0.299. The molecule has 5 nitrogen and oxygen atoms in total. The summed E-state index contributed by atoms with van der Waals surface area (Å²) in [6.45, 7) is 1.66. The number of carbonyl (C=O) groups excluding carboxylic acids is 1. The fourth-order valence-corrected chi connectivity index (χ4v) is 8.74. The summed E-state index contributed by atoms with van der Waals surface area (Å²) in [6.07, 6.45) is 6.09. The van der Waals surface area contributed by atoms with Gasteiger partial charge in [0.1, 0.15) is 0 Å². The van der Waals surface area contributed by atoms with Crippen molar-refractivity contribution in [2.45, 2.75) is 48.3 Å². The molecule has 0 spiro atoms. The highest BCUT2D eigenvalue weighted by molar-refractivity contribution is 7.89. The molecule has 0 aromatic heterocycles. The van der Waals surface area contributed by atoms with Gasteiger partial charge in [-0.3, -0.25) is 4.79 Å². The second-order valence-corrected chi connectivity index (χ2v) is 12.1. The molecule has 4 saturated carbocycles. The van der Waals surface area contributed by atoms with Crippen molar-refractivity contribution in [1.82, 2.24) is 9.21 Å². The van der Waals surface area contributed by atoms with Crippen molar-refractivity contribution < 1.29 is 13.2 Å². The van der Waals surface area contributed by atoms with E-state index in [1.165, 1.54) is 10.7 Å². The molecule has 4 atom stereocenters. The zero-order chi connectivity index (χ0) is 19.6. The van der Waals surface area contributed by atoms with Crippen LogP contribution in [0.4, 0.5) is 0 Å². The topological polar surface area (TPSA) is 57.7 Å². The van der Waals surface area contributed by atoms with Gasteiger partial charge in [-0.1, -0.05) is 18.2 Å². The fraction of sp³-hybridized carbons (Fsp3) is 0.667. The number of alkyl halides is 1. The van der Waals surface area contributed by atoms with Crippen molar-refractivity contribution in [2.24, 2.45) is 17.3 Å². The first kappa shape index (κ1) is 18.9. The van der Waals surface area contributed by atoms with Crippen molar-refractivity contribution in [1.29, 1.82) is 0 Å². The van der Waals surface area contributed by atoms with E-state index in [9.17, 15) is 13.2 Å². The molecular formula is C21H27ClN2O3S. The van der Waals surface area contributed by atoms with E-state index in [-0.39, 0.29) is 16.2 Å². The maximum atomic E-state index is 13.5. The number of halogens is 1. The lowest BCUT2D eigenvalue weighted by Crippen LogP contribution is -2.61. The van der Waals surface area contributed by atoms with Gasteiger partial charge in [0, 0.05) is 31.1 Å². The van der Waals surface area contributed by atoms with E-state index < -0.39 is 10.0 Å². The van der Waals surface area contributed by atoms with Crippen LogP contribution in [0.2, 0.25) is 0 Å². The number of hydrogen-bond donors (Lipinski definition) is 0. The Morgan fingerprint density at radius 3 is 2.14 bits per heavy atom. The van der Waals surface area contributed by atoms with Gasteiger partial charge in [0.15, 0.2) is 0 Å². The van der Waals surface area contributed by atoms with E-state index >= 15 is 0 Å². The normalized spacial score (nSPS) is 38.0. The van der Waals surface area contributed by atoms with Crippen LogP contribution in [0.3, 0.4) is 0 Å². The Kier molecular flexibility index (Phi) is 4.35. The summed E-state index contributed by atoms with van der Waals surface area (Å²) < 4.78 is 27.2. The van der Waals surface area contributed by atoms with Crippen LogP contribution in [-0.2, 0) is 14.8 Å². The summed E-state index contributed by atoms with van der Waals surface area (Å²) in [4.78, 5) is 15.6.